The van der Waals surface area contributed by atoms with Crippen LogP contribution in [0.3, 0.4) is 0 Å². The number of Topliss-reactive ketones (excluding diaryl/α,β-unsaturated/α-hetero) is 1. The van der Waals surface area contributed by atoms with Gasteiger partial charge in [-0.15, -0.1) is 0 Å². The molecule has 1 N–H and O–H groups in total. The zero-order valence-corrected chi connectivity index (χ0v) is 21.2. The van der Waals surface area contributed by atoms with Crippen LogP contribution in [0, 0.1) is 0 Å². The van der Waals surface area contributed by atoms with Crippen LogP contribution in [0.25, 0.3) is 16.7 Å². The number of alkyl carbamates (subject to hydrolysis) is 1. The predicted octanol–water partition coefficient (Wildman–Crippen LogP) is 4.19. The predicted molar refractivity (Wildman–Crippen MR) is 138 cm³/mol. The molecule has 178 valence electrons. The summed E-state index contributed by atoms with van der Waals surface area (Å²) >= 11 is 0. The highest BCUT2D eigenvalue weighted by atomic mass is 32.1. The third-order valence-electron chi connectivity index (χ3n) is 5.12. The Morgan fingerprint density at radius 2 is 1.58 bits per heavy atom. The minimum Gasteiger partial charge on any atom is -0.449 e. The Kier molecular flexibility index (Phi) is 10.4. The first-order valence-electron chi connectivity index (χ1n) is 10.2. The fraction of sp³-hybridized carbons (Fsp3) is 0.375. The standard InChI is InChI=1S/C24H27N3O4.2H2S/c1-15(31-24(2,3)4)22(21(28)13-26-25)27-23(29)30-14-20-18-11-7-5-9-16(18)17-10-6-8-12-19(17)20;;/h5-13,15,20,22H,14H2,1-4H3,(H,27,29);2*1H2/t15-,22-;;/m0../s1. The van der Waals surface area contributed by atoms with Gasteiger partial charge in [-0.1, -0.05) is 48.5 Å². The SMILES string of the molecule is C[C@H](OC(C)(C)C)[C@H](NC(=O)OCC1c2ccccc2-c2ccccc21)C(=O)C=[N+]=[N-].S.S. The Balaban J connectivity index is 0.00000272. The van der Waals surface area contributed by atoms with E-state index in [1.54, 1.807) is 6.92 Å². The highest BCUT2D eigenvalue weighted by Gasteiger charge is 2.33. The summed E-state index contributed by atoms with van der Waals surface area (Å²) in [5.41, 5.74) is 12.7. The number of carbonyl (C=O) groups excluding carboxylic acids is 2. The van der Waals surface area contributed by atoms with Crippen LogP contribution in [0.15, 0.2) is 48.5 Å². The van der Waals surface area contributed by atoms with Crippen LogP contribution >= 0.6 is 27.0 Å². The summed E-state index contributed by atoms with van der Waals surface area (Å²) in [6, 6.07) is 15.0. The highest BCUT2D eigenvalue weighted by molar-refractivity contribution is 7.59. The number of ketones is 1. The van der Waals surface area contributed by atoms with E-state index in [9.17, 15) is 9.59 Å². The van der Waals surface area contributed by atoms with Crippen LogP contribution in [0.1, 0.15) is 44.7 Å². The fourth-order valence-corrected chi connectivity index (χ4v) is 3.95. The Bertz CT molecular complexity index is 987. The average Bonchev–Trinajstić information content (AvgIpc) is 3.03. The maximum absolute atomic E-state index is 12.6. The van der Waals surface area contributed by atoms with Crippen molar-refractivity contribution < 1.29 is 23.9 Å². The zero-order valence-electron chi connectivity index (χ0n) is 19.2. The minimum atomic E-state index is -1.05. The number of nitrogens with one attached hydrogen (secondary N) is 1. The van der Waals surface area contributed by atoms with Crippen LogP contribution in [-0.4, -0.2) is 47.2 Å². The van der Waals surface area contributed by atoms with Crippen LogP contribution in [0.4, 0.5) is 4.79 Å². The number of fused-ring (bicyclic) bond motifs is 3. The van der Waals surface area contributed by atoms with E-state index >= 15 is 0 Å². The fourth-order valence-electron chi connectivity index (χ4n) is 3.95. The number of hydrogen-bond acceptors (Lipinski definition) is 4. The smallest absolute Gasteiger partial charge is 0.407 e. The summed E-state index contributed by atoms with van der Waals surface area (Å²) in [7, 11) is 0. The van der Waals surface area contributed by atoms with Crippen molar-refractivity contribution in [3.05, 3.63) is 65.2 Å². The molecular formula is C24H31N3O4S2. The molecule has 0 unspecified atom stereocenters. The summed E-state index contributed by atoms with van der Waals surface area (Å²) in [6.45, 7) is 7.33. The van der Waals surface area contributed by atoms with E-state index in [0.29, 0.717) is 0 Å². The molecule has 9 heteroatoms. The van der Waals surface area contributed by atoms with Crippen molar-refractivity contribution in [2.75, 3.05) is 6.61 Å². The lowest BCUT2D eigenvalue weighted by molar-refractivity contribution is -0.125. The molecule has 2 aromatic rings. The third kappa shape index (κ3) is 6.95. The van der Waals surface area contributed by atoms with Gasteiger partial charge in [-0.05, 0) is 49.9 Å². The number of ether oxygens (including phenoxy) is 2. The molecule has 2 atom stereocenters. The topological polar surface area (TPSA) is 101 Å². The van der Waals surface area contributed by atoms with E-state index in [2.05, 4.69) is 22.2 Å². The van der Waals surface area contributed by atoms with Crippen molar-refractivity contribution in [2.24, 2.45) is 0 Å². The average molecular weight is 490 g/mol. The third-order valence-corrected chi connectivity index (χ3v) is 5.12. The molecule has 0 aromatic heterocycles. The number of rotatable bonds is 7. The van der Waals surface area contributed by atoms with Gasteiger partial charge in [-0.25, -0.2) is 4.79 Å². The first-order chi connectivity index (χ1) is 14.7. The maximum atomic E-state index is 12.6. The Morgan fingerprint density at radius 1 is 1.06 bits per heavy atom. The lowest BCUT2D eigenvalue weighted by atomic mass is 9.98. The second-order valence-electron chi connectivity index (χ2n) is 8.53. The molecule has 0 spiro atoms. The maximum Gasteiger partial charge on any atom is 0.407 e. The van der Waals surface area contributed by atoms with Gasteiger partial charge in [-0.2, -0.15) is 31.8 Å². The van der Waals surface area contributed by atoms with Gasteiger partial charge in [0.1, 0.15) is 12.6 Å². The first-order valence-corrected chi connectivity index (χ1v) is 10.2. The van der Waals surface area contributed by atoms with E-state index in [1.807, 2.05) is 57.2 Å². The number of amides is 1. The summed E-state index contributed by atoms with van der Waals surface area (Å²) in [5.74, 6) is -0.678. The monoisotopic (exact) mass is 489 g/mol. The Labute approximate surface area is 208 Å². The molecule has 0 saturated carbocycles. The lowest BCUT2D eigenvalue weighted by Gasteiger charge is -2.29. The zero-order chi connectivity index (χ0) is 22.6. The van der Waals surface area contributed by atoms with Gasteiger partial charge in [0.25, 0.3) is 5.78 Å². The molecule has 0 heterocycles. The Morgan fingerprint density at radius 3 is 2.06 bits per heavy atom. The molecule has 2 aromatic carbocycles. The van der Waals surface area contributed by atoms with E-state index in [4.69, 9.17) is 15.0 Å². The minimum absolute atomic E-state index is 0. The Hall–Kier alpha value is -2.58. The summed E-state index contributed by atoms with van der Waals surface area (Å²) in [5, 5.41) is 2.56. The second-order valence-corrected chi connectivity index (χ2v) is 8.53. The van der Waals surface area contributed by atoms with Crippen LogP contribution in [0.2, 0.25) is 0 Å². The van der Waals surface area contributed by atoms with Gasteiger partial charge in [-0.3, -0.25) is 4.79 Å². The van der Waals surface area contributed by atoms with Gasteiger partial charge < -0.3 is 20.3 Å². The van der Waals surface area contributed by atoms with E-state index in [1.165, 1.54) is 0 Å². The van der Waals surface area contributed by atoms with Gasteiger partial charge in [0, 0.05) is 5.92 Å². The molecule has 0 bridgehead atoms. The number of carbonyl (C=O) groups is 2. The van der Waals surface area contributed by atoms with Crippen molar-refractivity contribution in [3.63, 3.8) is 0 Å². The van der Waals surface area contributed by atoms with Crippen LogP contribution in [0.5, 0.6) is 0 Å². The van der Waals surface area contributed by atoms with Crippen molar-refractivity contribution in [3.8, 4) is 11.1 Å². The second kappa shape index (κ2) is 12.0. The summed E-state index contributed by atoms with van der Waals surface area (Å²) in [4.78, 5) is 27.7. The van der Waals surface area contributed by atoms with Crippen molar-refractivity contribution in [1.82, 2.24) is 5.32 Å². The summed E-state index contributed by atoms with van der Waals surface area (Å²) < 4.78 is 11.3. The number of benzene rings is 2. The van der Waals surface area contributed by atoms with Gasteiger partial charge in [0.2, 0.25) is 0 Å². The molecule has 1 amide bonds. The summed E-state index contributed by atoms with van der Waals surface area (Å²) in [6.07, 6.45) is -0.654. The normalized spacial score (nSPS) is 13.7. The molecule has 0 saturated heterocycles. The largest absolute Gasteiger partial charge is 0.449 e. The number of nitrogens with zero attached hydrogens (tertiary/aromatic N) is 2. The molecule has 0 radical (unpaired) electrons. The first kappa shape index (κ1) is 28.5. The quantitative estimate of drug-likeness (QED) is 0.358. The molecule has 7 nitrogen and oxygen atoms in total. The van der Waals surface area contributed by atoms with Crippen LogP contribution in [-0.2, 0) is 14.3 Å². The molecule has 1 aliphatic carbocycles. The van der Waals surface area contributed by atoms with Crippen LogP contribution < -0.4 is 5.32 Å². The van der Waals surface area contributed by atoms with Gasteiger partial charge in [0.15, 0.2) is 0 Å². The van der Waals surface area contributed by atoms with Gasteiger partial charge in [0.05, 0.1) is 11.7 Å². The van der Waals surface area contributed by atoms with Crippen molar-refractivity contribution in [2.45, 2.75) is 51.4 Å². The van der Waals surface area contributed by atoms with Crippen molar-refractivity contribution >= 4 is 45.1 Å². The lowest BCUT2D eigenvalue weighted by Crippen LogP contribution is -2.51. The molecule has 0 aliphatic heterocycles. The molecular weight excluding hydrogens is 458 g/mol. The molecule has 1 aliphatic rings. The van der Waals surface area contributed by atoms with E-state index in [0.717, 1.165) is 28.5 Å². The van der Waals surface area contributed by atoms with Gasteiger partial charge >= 0.3 is 12.3 Å². The highest BCUT2D eigenvalue weighted by Crippen LogP contribution is 2.44. The molecule has 0 fully saturated rings. The molecule has 33 heavy (non-hydrogen) atoms. The van der Waals surface area contributed by atoms with Crippen molar-refractivity contribution in [1.29, 1.82) is 0 Å². The molecule has 3 rings (SSSR count). The number of hydrogen-bond donors (Lipinski definition) is 1. The van der Waals surface area contributed by atoms with E-state index in [-0.39, 0.29) is 39.5 Å². The van der Waals surface area contributed by atoms with E-state index < -0.39 is 29.6 Å².